The highest BCUT2D eigenvalue weighted by Crippen LogP contribution is 2.38. The van der Waals surface area contributed by atoms with Gasteiger partial charge >= 0.3 is 0 Å². The van der Waals surface area contributed by atoms with E-state index in [9.17, 15) is 9.59 Å². The quantitative estimate of drug-likeness (QED) is 0.708. The van der Waals surface area contributed by atoms with Gasteiger partial charge in [0.25, 0.3) is 12.0 Å². The van der Waals surface area contributed by atoms with Crippen LogP contribution in [0.1, 0.15) is 25.0 Å². The molecular formula is C18H29N3O6. The molecule has 4 atom stereocenters. The van der Waals surface area contributed by atoms with Crippen molar-refractivity contribution >= 4 is 12.4 Å². The van der Waals surface area contributed by atoms with Crippen molar-refractivity contribution in [3.8, 4) is 0 Å². The molecule has 9 heteroatoms. The second-order valence-electron chi connectivity index (χ2n) is 7.38. The number of carbonyl (C=O) groups excluding carboxylic acids is 1. The largest absolute Gasteiger partial charge is 0.483 e. The summed E-state index contributed by atoms with van der Waals surface area (Å²) in [6.45, 7) is 1.40. The van der Waals surface area contributed by atoms with Crippen LogP contribution in [0, 0.1) is 11.8 Å². The predicted molar refractivity (Wildman–Crippen MR) is 97.4 cm³/mol. The van der Waals surface area contributed by atoms with Crippen LogP contribution >= 0.6 is 0 Å². The SMILES string of the molecule is CO[C@@H]1C[C@H]2CN(C(=O)CCc3cc(=O)[nH]o3)C[C@H]2C[C@H]1N(C)C.O=CO. The number of rotatable bonds is 5. The molecule has 2 heterocycles. The minimum atomic E-state index is -0.259. The van der Waals surface area contributed by atoms with Gasteiger partial charge in [0.1, 0.15) is 5.76 Å². The van der Waals surface area contributed by atoms with E-state index in [1.54, 1.807) is 7.11 Å². The number of likely N-dealkylation sites (tertiary alicyclic amines) is 1. The molecular weight excluding hydrogens is 354 g/mol. The van der Waals surface area contributed by atoms with Crippen LogP contribution in [0.3, 0.4) is 0 Å². The van der Waals surface area contributed by atoms with Crippen LogP contribution in [0.25, 0.3) is 0 Å². The van der Waals surface area contributed by atoms with Gasteiger partial charge in [-0.3, -0.25) is 14.4 Å². The monoisotopic (exact) mass is 383 g/mol. The number of likely N-dealkylation sites (N-methyl/N-ethyl adjacent to an activating group) is 1. The van der Waals surface area contributed by atoms with Crippen LogP contribution in [0.5, 0.6) is 0 Å². The molecule has 0 spiro atoms. The number of fused-ring (bicyclic) bond motifs is 1. The maximum Gasteiger partial charge on any atom is 0.290 e. The number of aryl methyl sites for hydroxylation is 1. The molecule has 2 fully saturated rings. The number of aromatic amines is 1. The summed E-state index contributed by atoms with van der Waals surface area (Å²) >= 11 is 0. The normalized spacial score (nSPS) is 27.0. The van der Waals surface area contributed by atoms with E-state index >= 15 is 0 Å². The van der Waals surface area contributed by atoms with Crippen LogP contribution in [0.4, 0.5) is 0 Å². The first-order chi connectivity index (χ1) is 12.9. The minimum Gasteiger partial charge on any atom is -0.483 e. The topological polar surface area (TPSA) is 116 Å². The molecule has 0 radical (unpaired) electrons. The molecule has 9 nitrogen and oxygen atoms in total. The summed E-state index contributed by atoms with van der Waals surface area (Å²) in [7, 11) is 5.98. The highest BCUT2D eigenvalue weighted by molar-refractivity contribution is 5.76. The highest BCUT2D eigenvalue weighted by Gasteiger charge is 2.44. The smallest absolute Gasteiger partial charge is 0.290 e. The standard InChI is InChI=1S/C17H27N3O4.CH2O2/c1-19(2)14-6-11-9-20(10-12(11)7-15(14)23-3)17(22)5-4-13-8-16(21)18-24-13;2-1-3/h8,11-12,14-15H,4-7,9-10H2,1-3H3,(H,18,21);1H,(H,2,3)/t11-,12+,14-,15-;/m1./s1. The van der Waals surface area contributed by atoms with E-state index in [0.29, 0.717) is 36.5 Å². The third kappa shape index (κ3) is 5.43. The summed E-state index contributed by atoms with van der Waals surface area (Å²) in [5, 5.41) is 9.14. The zero-order valence-corrected chi connectivity index (χ0v) is 16.1. The maximum absolute atomic E-state index is 12.5. The molecule has 0 bridgehead atoms. The van der Waals surface area contributed by atoms with Crippen LogP contribution < -0.4 is 5.56 Å². The fourth-order valence-electron chi connectivity index (χ4n) is 4.22. The maximum atomic E-state index is 12.5. The van der Waals surface area contributed by atoms with E-state index in [0.717, 1.165) is 25.9 Å². The van der Waals surface area contributed by atoms with Gasteiger partial charge < -0.3 is 24.2 Å². The van der Waals surface area contributed by atoms with Gasteiger partial charge in [0.05, 0.1) is 6.10 Å². The Morgan fingerprint density at radius 1 is 1.41 bits per heavy atom. The second-order valence-corrected chi connectivity index (χ2v) is 7.38. The van der Waals surface area contributed by atoms with E-state index < -0.39 is 0 Å². The average molecular weight is 383 g/mol. The lowest BCUT2D eigenvalue weighted by molar-refractivity contribution is -0.130. The Labute approximate surface area is 158 Å². The minimum absolute atomic E-state index is 0.142. The van der Waals surface area contributed by atoms with Crippen molar-refractivity contribution in [1.82, 2.24) is 15.0 Å². The molecule has 1 saturated carbocycles. The van der Waals surface area contributed by atoms with Crippen molar-refractivity contribution in [3.05, 3.63) is 22.2 Å². The van der Waals surface area contributed by atoms with Crippen molar-refractivity contribution in [1.29, 1.82) is 0 Å². The molecule has 27 heavy (non-hydrogen) atoms. The van der Waals surface area contributed by atoms with Gasteiger partial charge in [-0.1, -0.05) is 0 Å². The van der Waals surface area contributed by atoms with Gasteiger partial charge in [-0.25, -0.2) is 0 Å². The lowest BCUT2D eigenvalue weighted by Crippen LogP contribution is -2.47. The summed E-state index contributed by atoms with van der Waals surface area (Å²) in [5.74, 6) is 1.76. The first kappa shape index (κ1) is 21.2. The Kier molecular flexibility index (Phi) is 7.61. The fraction of sp³-hybridized carbons (Fsp3) is 0.722. The van der Waals surface area contributed by atoms with Gasteiger partial charge in [0, 0.05) is 45.1 Å². The molecule has 1 aliphatic heterocycles. The van der Waals surface area contributed by atoms with Crippen LogP contribution in [-0.2, 0) is 20.7 Å². The summed E-state index contributed by atoms with van der Waals surface area (Å²) in [6, 6.07) is 1.82. The summed E-state index contributed by atoms with van der Waals surface area (Å²) in [6.07, 6.45) is 3.17. The fourth-order valence-corrected chi connectivity index (χ4v) is 4.22. The molecule has 2 N–H and O–H groups in total. The highest BCUT2D eigenvalue weighted by atomic mass is 16.5. The number of carbonyl (C=O) groups is 2. The number of ether oxygens (including phenoxy) is 1. The van der Waals surface area contributed by atoms with Crippen molar-refractivity contribution < 1.29 is 24.0 Å². The first-order valence-electron chi connectivity index (χ1n) is 9.11. The van der Waals surface area contributed by atoms with Gasteiger partial charge in [-0.15, -0.1) is 0 Å². The third-order valence-corrected chi connectivity index (χ3v) is 5.56. The Balaban J connectivity index is 0.000000817. The molecule has 0 aromatic carbocycles. The van der Waals surface area contributed by atoms with E-state index in [1.807, 2.05) is 4.90 Å². The summed E-state index contributed by atoms with van der Waals surface area (Å²) < 4.78 is 10.7. The molecule has 3 rings (SSSR count). The molecule has 1 saturated heterocycles. The van der Waals surface area contributed by atoms with E-state index in [-0.39, 0.29) is 24.0 Å². The number of nitrogens with one attached hydrogen (secondary N) is 1. The van der Waals surface area contributed by atoms with Crippen molar-refractivity contribution in [2.75, 3.05) is 34.3 Å². The average Bonchev–Trinajstić information content (AvgIpc) is 3.24. The number of methoxy groups -OCH3 is 1. The Morgan fingerprint density at radius 3 is 2.56 bits per heavy atom. The number of hydrogen-bond acceptors (Lipinski definition) is 6. The molecule has 2 aliphatic rings. The number of nitrogens with zero attached hydrogens (tertiary/aromatic N) is 2. The molecule has 1 aromatic rings. The van der Waals surface area contributed by atoms with Gasteiger partial charge in [0.15, 0.2) is 0 Å². The number of carboxylic acid groups (broad SMARTS) is 1. The Morgan fingerprint density at radius 2 is 2.04 bits per heavy atom. The van der Waals surface area contributed by atoms with E-state index in [4.69, 9.17) is 19.2 Å². The van der Waals surface area contributed by atoms with Gasteiger partial charge in [-0.2, -0.15) is 5.16 Å². The molecule has 1 aromatic heterocycles. The van der Waals surface area contributed by atoms with E-state index in [1.165, 1.54) is 6.07 Å². The lowest BCUT2D eigenvalue weighted by atomic mass is 9.77. The number of hydrogen-bond donors (Lipinski definition) is 2. The van der Waals surface area contributed by atoms with Crippen LogP contribution in [-0.4, -0.2) is 78.9 Å². The molecule has 152 valence electrons. The first-order valence-corrected chi connectivity index (χ1v) is 9.11. The van der Waals surface area contributed by atoms with Gasteiger partial charge in [0.2, 0.25) is 5.91 Å². The lowest BCUT2D eigenvalue weighted by Gasteiger charge is -2.40. The zero-order valence-electron chi connectivity index (χ0n) is 16.1. The molecule has 1 amide bonds. The van der Waals surface area contributed by atoms with Crippen LogP contribution in [0.2, 0.25) is 0 Å². The van der Waals surface area contributed by atoms with Crippen molar-refractivity contribution in [3.63, 3.8) is 0 Å². The Hall–Kier alpha value is -2.13. The summed E-state index contributed by atoms with van der Waals surface area (Å²) in [4.78, 5) is 36.1. The summed E-state index contributed by atoms with van der Waals surface area (Å²) in [5.41, 5.74) is -0.259. The number of H-pyrrole nitrogens is 1. The van der Waals surface area contributed by atoms with Crippen molar-refractivity contribution in [2.24, 2.45) is 11.8 Å². The number of aromatic nitrogens is 1. The molecule has 0 unspecified atom stereocenters. The Bertz CT molecular complexity index is 670. The predicted octanol–water partition coefficient (Wildman–Crippen LogP) is 0.415. The zero-order chi connectivity index (χ0) is 20.0. The van der Waals surface area contributed by atoms with Crippen LogP contribution in [0.15, 0.2) is 15.4 Å². The van der Waals surface area contributed by atoms with E-state index in [2.05, 4.69) is 24.2 Å². The van der Waals surface area contributed by atoms with Crippen molar-refractivity contribution in [2.45, 2.75) is 37.8 Å². The second kappa shape index (κ2) is 9.70. The molecule has 1 aliphatic carbocycles. The third-order valence-electron chi connectivity index (χ3n) is 5.56. The number of amides is 1. The van der Waals surface area contributed by atoms with Gasteiger partial charge in [-0.05, 0) is 38.8 Å².